The molecule has 0 unspecified atom stereocenters. The Morgan fingerprint density at radius 3 is 2.48 bits per heavy atom. The van der Waals surface area contributed by atoms with Crippen molar-refractivity contribution >= 4 is 17.6 Å². The zero-order valence-corrected chi connectivity index (χ0v) is 13.2. The summed E-state index contributed by atoms with van der Waals surface area (Å²) in [5.74, 6) is -0.343. The van der Waals surface area contributed by atoms with E-state index in [-0.39, 0.29) is 18.4 Å². The second kappa shape index (κ2) is 7.67. The van der Waals surface area contributed by atoms with Crippen molar-refractivity contribution in [2.75, 3.05) is 25.4 Å². The highest BCUT2D eigenvalue weighted by atomic mass is 16.5. The number of anilines is 1. The molecule has 0 fully saturated rings. The predicted molar refractivity (Wildman–Crippen MR) is 83.0 cm³/mol. The maximum absolute atomic E-state index is 12.6. The zero-order valence-electron chi connectivity index (χ0n) is 13.2. The van der Waals surface area contributed by atoms with Gasteiger partial charge in [-0.15, -0.1) is 0 Å². The Bertz CT molecular complexity index is 492. The maximum atomic E-state index is 12.6. The van der Waals surface area contributed by atoms with Crippen LogP contribution in [0.4, 0.5) is 5.69 Å². The summed E-state index contributed by atoms with van der Waals surface area (Å²) >= 11 is 0. The molecule has 1 amide bonds. The summed E-state index contributed by atoms with van der Waals surface area (Å²) < 4.78 is 4.93. The highest BCUT2D eigenvalue weighted by Crippen LogP contribution is 2.14. The second-order valence-electron chi connectivity index (χ2n) is 5.52. The van der Waals surface area contributed by atoms with Gasteiger partial charge in [-0.3, -0.25) is 9.59 Å². The van der Waals surface area contributed by atoms with Crippen LogP contribution in [0.3, 0.4) is 0 Å². The summed E-state index contributed by atoms with van der Waals surface area (Å²) in [6.07, 6.45) is 0. The van der Waals surface area contributed by atoms with E-state index in [1.165, 1.54) is 4.90 Å². The molecule has 0 aliphatic rings. The summed E-state index contributed by atoms with van der Waals surface area (Å²) in [5, 5.41) is 0. The van der Waals surface area contributed by atoms with E-state index >= 15 is 0 Å². The smallest absolute Gasteiger partial charge is 0.325 e. The van der Waals surface area contributed by atoms with Gasteiger partial charge in [0.15, 0.2) is 0 Å². The van der Waals surface area contributed by atoms with Crippen LogP contribution in [0.5, 0.6) is 0 Å². The lowest BCUT2D eigenvalue weighted by Crippen LogP contribution is -2.39. The number of rotatable bonds is 6. The van der Waals surface area contributed by atoms with Crippen LogP contribution in [0.2, 0.25) is 0 Å². The monoisotopic (exact) mass is 292 g/mol. The van der Waals surface area contributed by atoms with Gasteiger partial charge in [0.2, 0.25) is 0 Å². The van der Waals surface area contributed by atoms with Gasteiger partial charge in [-0.1, -0.05) is 13.8 Å². The number of amides is 1. The van der Waals surface area contributed by atoms with Crippen LogP contribution < -0.4 is 5.73 Å². The Kier molecular flexibility index (Phi) is 6.21. The highest BCUT2D eigenvalue weighted by Gasteiger charge is 2.20. The van der Waals surface area contributed by atoms with Crippen LogP contribution in [0, 0.1) is 12.8 Å². The van der Waals surface area contributed by atoms with Crippen molar-refractivity contribution in [3.05, 3.63) is 29.3 Å². The van der Waals surface area contributed by atoms with Crippen molar-refractivity contribution < 1.29 is 14.3 Å². The molecular weight excluding hydrogens is 268 g/mol. The minimum absolute atomic E-state index is 0.0430. The molecule has 0 aliphatic heterocycles. The number of benzene rings is 1. The fraction of sp³-hybridized carbons (Fsp3) is 0.500. The van der Waals surface area contributed by atoms with Crippen molar-refractivity contribution in [1.82, 2.24) is 4.90 Å². The molecule has 0 saturated carbocycles. The number of nitrogen functional groups attached to an aromatic ring is 1. The van der Waals surface area contributed by atoms with E-state index in [4.69, 9.17) is 10.5 Å². The Labute approximate surface area is 126 Å². The van der Waals surface area contributed by atoms with E-state index in [0.29, 0.717) is 24.4 Å². The Morgan fingerprint density at radius 1 is 1.29 bits per heavy atom. The molecule has 2 N–H and O–H groups in total. The zero-order chi connectivity index (χ0) is 16.0. The standard InChI is InChI=1S/C16H24N2O3/c1-5-21-15(19)10-18(9-11(2)3)16(20)13-6-12(4)7-14(17)8-13/h6-8,11H,5,9-10,17H2,1-4H3. The fourth-order valence-electron chi connectivity index (χ4n) is 2.14. The molecule has 0 radical (unpaired) electrons. The lowest BCUT2D eigenvalue weighted by Gasteiger charge is -2.24. The SMILES string of the molecule is CCOC(=O)CN(CC(C)C)C(=O)c1cc(C)cc(N)c1. The normalized spacial score (nSPS) is 10.5. The highest BCUT2D eigenvalue weighted by molar-refractivity contribution is 5.97. The molecule has 116 valence electrons. The quantitative estimate of drug-likeness (QED) is 0.644. The van der Waals surface area contributed by atoms with Crippen molar-refractivity contribution in [2.45, 2.75) is 27.7 Å². The van der Waals surface area contributed by atoms with Gasteiger partial charge in [-0.05, 0) is 43.5 Å². The molecule has 0 saturated heterocycles. The lowest BCUT2D eigenvalue weighted by atomic mass is 10.1. The number of hydrogen-bond acceptors (Lipinski definition) is 4. The molecule has 0 spiro atoms. The van der Waals surface area contributed by atoms with Gasteiger partial charge in [-0.2, -0.15) is 0 Å². The van der Waals surface area contributed by atoms with Gasteiger partial charge < -0.3 is 15.4 Å². The van der Waals surface area contributed by atoms with E-state index in [2.05, 4.69) is 0 Å². The molecule has 1 aromatic rings. The van der Waals surface area contributed by atoms with Crippen LogP contribution in [0.25, 0.3) is 0 Å². The van der Waals surface area contributed by atoms with Crippen LogP contribution in [-0.2, 0) is 9.53 Å². The van der Waals surface area contributed by atoms with Crippen LogP contribution in [-0.4, -0.2) is 36.5 Å². The molecule has 5 heteroatoms. The first-order valence-electron chi connectivity index (χ1n) is 7.15. The van der Waals surface area contributed by atoms with Gasteiger partial charge in [-0.25, -0.2) is 0 Å². The third kappa shape index (κ3) is 5.45. The van der Waals surface area contributed by atoms with Crippen molar-refractivity contribution in [2.24, 2.45) is 5.92 Å². The second-order valence-corrected chi connectivity index (χ2v) is 5.52. The van der Waals surface area contributed by atoms with Crippen LogP contribution in [0.15, 0.2) is 18.2 Å². The van der Waals surface area contributed by atoms with Crippen molar-refractivity contribution in [3.8, 4) is 0 Å². The molecule has 21 heavy (non-hydrogen) atoms. The van der Waals surface area contributed by atoms with Crippen LogP contribution >= 0.6 is 0 Å². The van der Waals surface area contributed by atoms with Gasteiger partial charge in [0.25, 0.3) is 5.91 Å². The molecule has 1 rings (SSSR count). The Hall–Kier alpha value is -2.04. The van der Waals surface area contributed by atoms with Gasteiger partial charge in [0.05, 0.1) is 6.61 Å². The number of carbonyl (C=O) groups excluding carboxylic acids is 2. The third-order valence-electron chi connectivity index (χ3n) is 2.84. The molecule has 5 nitrogen and oxygen atoms in total. The third-order valence-corrected chi connectivity index (χ3v) is 2.84. The Morgan fingerprint density at radius 2 is 1.95 bits per heavy atom. The van der Waals surface area contributed by atoms with Crippen molar-refractivity contribution in [3.63, 3.8) is 0 Å². The maximum Gasteiger partial charge on any atom is 0.325 e. The summed E-state index contributed by atoms with van der Waals surface area (Å²) in [5.41, 5.74) is 7.74. The minimum Gasteiger partial charge on any atom is -0.465 e. The minimum atomic E-state index is -0.396. The summed E-state index contributed by atoms with van der Waals surface area (Å²) in [6, 6.07) is 5.21. The molecule has 0 heterocycles. The first-order chi connectivity index (χ1) is 9.83. The molecule has 0 atom stereocenters. The largest absolute Gasteiger partial charge is 0.465 e. The number of nitrogens with two attached hydrogens (primary N) is 1. The molecule has 0 aromatic heterocycles. The summed E-state index contributed by atoms with van der Waals surface area (Å²) in [4.78, 5) is 25.8. The molecule has 0 bridgehead atoms. The number of nitrogens with zero attached hydrogens (tertiary/aromatic N) is 1. The molecule has 1 aromatic carbocycles. The average molecular weight is 292 g/mol. The molecular formula is C16H24N2O3. The summed E-state index contributed by atoms with van der Waals surface area (Å²) in [6.45, 7) is 8.37. The first kappa shape index (κ1) is 17.0. The number of aryl methyl sites for hydroxylation is 1. The topological polar surface area (TPSA) is 72.6 Å². The van der Waals surface area contributed by atoms with Crippen molar-refractivity contribution in [1.29, 1.82) is 0 Å². The first-order valence-corrected chi connectivity index (χ1v) is 7.15. The number of hydrogen-bond donors (Lipinski definition) is 1. The van der Waals surface area contributed by atoms with E-state index in [1.807, 2.05) is 20.8 Å². The van der Waals surface area contributed by atoms with E-state index in [1.54, 1.807) is 25.1 Å². The number of ether oxygens (including phenoxy) is 1. The van der Waals surface area contributed by atoms with E-state index in [9.17, 15) is 9.59 Å². The summed E-state index contributed by atoms with van der Waals surface area (Å²) in [7, 11) is 0. The van der Waals surface area contributed by atoms with E-state index in [0.717, 1.165) is 5.56 Å². The fourth-order valence-corrected chi connectivity index (χ4v) is 2.14. The lowest BCUT2D eigenvalue weighted by molar-refractivity contribution is -0.143. The van der Waals surface area contributed by atoms with Crippen LogP contribution in [0.1, 0.15) is 36.7 Å². The van der Waals surface area contributed by atoms with Gasteiger partial charge in [0, 0.05) is 17.8 Å². The molecule has 0 aliphatic carbocycles. The van der Waals surface area contributed by atoms with Gasteiger partial charge >= 0.3 is 5.97 Å². The Balaban J connectivity index is 2.95. The number of carbonyl (C=O) groups is 2. The number of esters is 1. The van der Waals surface area contributed by atoms with E-state index < -0.39 is 5.97 Å². The predicted octanol–water partition coefficient (Wildman–Crippen LogP) is 2.24. The average Bonchev–Trinajstić information content (AvgIpc) is 2.35. The van der Waals surface area contributed by atoms with Gasteiger partial charge in [0.1, 0.15) is 6.54 Å².